The lowest BCUT2D eigenvalue weighted by Crippen LogP contribution is -2.23. The van der Waals surface area contributed by atoms with Crippen LogP contribution in [0.3, 0.4) is 0 Å². The number of carbonyl (C=O) groups excluding carboxylic acids is 1. The smallest absolute Gasteiger partial charge is 0.266 e. The molecule has 1 aliphatic heterocycles. The van der Waals surface area contributed by atoms with Crippen molar-refractivity contribution in [1.82, 2.24) is 4.90 Å². The Hall–Kier alpha value is -2.44. The van der Waals surface area contributed by atoms with Gasteiger partial charge in [0, 0.05) is 18.7 Å². The fraction of sp³-hybridized carbons (Fsp3) is 0.158. The summed E-state index contributed by atoms with van der Waals surface area (Å²) in [6.45, 7) is 0. The Morgan fingerprint density at radius 3 is 2.62 bits per heavy atom. The number of ether oxygens (including phenoxy) is 2. The number of carbonyl (C=O) groups is 1. The van der Waals surface area contributed by atoms with E-state index in [1.165, 1.54) is 16.7 Å². The Labute approximate surface area is 161 Å². The van der Waals surface area contributed by atoms with E-state index in [0.717, 1.165) is 5.56 Å². The van der Waals surface area contributed by atoms with E-state index in [4.69, 9.17) is 21.1 Å². The van der Waals surface area contributed by atoms with Crippen molar-refractivity contribution in [1.29, 1.82) is 0 Å². The second kappa shape index (κ2) is 7.85. The largest absolute Gasteiger partial charge is 0.497 e. The molecular formula is C19H17ClN2O3S. The highest BCUT2D eigenvalue weighted by molar-refractivity contribution is 8.18. The molecule has 3 rings (SSSR count). The maximum absolute atomic E-state index is 12.6. The molecule has 0 N–H and O–H groups in total. The van der Waals surface area contributed by atoms with E-state index in [9.17, 15) is 4.79 Å². The van der Waals surface area contributed by atoms with Gasteiger partial charge in [-0.1, -0.05) is 23.7 Å². The van der Waals surface area contributed by atoms with Gasteiger partial charge < -0.3 is 9.47 Å². The van der Waals surface area contributed by atoms with Gasteiger partial charge >= 0.3 is 0 Å². The number of thioether (sulfide) groups is 1. The van der Waals surface area contributed by atoms with Crippen molar-refractivity contribution in [2.24, 2.45) is 4.99 Å². The number of hydrogen-bond donors (Lipinski definition) is 0. The number of halogens is 1. The summed E-state index contributed by atoms with van der Waals surface area (Å²) in [5.41, 5.74) is 1.41. The van der Waals surface area contributed by atoms with Crippen molar-refractivity contribution in [3.05, 3.63) is 58.0 Å². The maximum atomic E-state index is 12.6. The van der Waals surface area contributed by atoms with E-state index < -0.39 is 0 Å². The molecule has 1 saturated heterocycles. The van der Waals surface area contributed by atoms with Crippen LogP contribution in [0.25, 0.3) is 6.08 Å². The van der Waals surface area contributed by atoms with Crippen LogP contribution in [0.2, 0.25) is 5.02 Å². The molecule has 26 heavy (non-hydrogen) atoms. The Morgan fingerprint density at radius 1 is 1.15 bits per heavy atom. The molecule has 0 unspecified atom stereocenters. The van der Waals surface area contributed by atoms with E-state index in [-0.39, 0.29) is 5.91 Å². The lowest BCUT2D eigenvalue weighted by atomic mass is 10.1. The van der Waals surface area contributed by atoms with Crippen LogP contribution >= 0.6 is 23.4 Å². The SMILES string of the molecule is COc1ccc(/C=C2/SC(=Nc3ccccc3Cl)N(C)C2=O)c(OC)c1. The van der Waals surface area contributed by atoms with Crippen LogP contribution in [0.1, 0.15) is 5.56 Å². The van der Waals surface area contributed by atoms with Crippen molar-refractivity contribution in [3.8, 4) is 11.5 Å². The Kier molecular flexibility index (Phi) is 5.54. The molecule has 134 valence electrons. The van der Waals surface area contributed by atoms with Crippen LogP contribution in [-0.4, -0.2) is 37.2 Å². The highest BCUT2D eigenvalue weighted by Gasteiger charge is 2.30. The topological polar surface area (TPSA) is 51.1 Å². The molecule has 0 radical (unpaired) electrons. The third-order valence-corrected chi connectivity index (χ3v) is 5.18. The minimum atomic E-state index is -0.126. The molecule has 1 fully saturated rings. The fourth-order valence-corrected chi connectivity index (χ4v) is 3.52. The highest BCUT2D eigenvalue weighted by Crippen LogP contribution is 2.36. The monoisotopic (exact) mass is 388 g/mol. The van der Waals surface area contributed by atoms with Gasteiger partial charge in [0.2, 0.25) is 0 Å². The van der Waals surface area contributed by atoms with Crippen molar-refractivity contribution in [2.45, 2.75) is 0 Å². The van der Waals surface area contributed by atoms with E-state index >= 15 is 0 Å². The van der Waals surface area contributed by atoms with Gasteiger partial charge in [-0.25, -0.2) is 4.99 Å². The minimum Gasteiger partial charge on any atom is -0.497 e. The average Bonchev–Trinajstić information content (AvgIpc) is 2.92. The zero-order valence-electron chi connectivity index (χ0n) is 14.5. The van der Waals surface area contributed by atoms with E-state index in [2.05, 4.69) is 4.99 Å². The molecule has 0 aliphatic carbocycles. The van der Waals surface area contributed by atoms with Gasteiger partial charge in [0.25, 0.3) is 5.91 Å². The third kappa shape index (κ3) is 3.71. The number of aliphatic imine (C=N–C) groups is 1. The second-order valence-electron chi connectivity index (χ2n) is 5.43. The molecule has 0 atom stereocenters. The number of amidine groups is 1. The standard InChI is InChI=1S/C19H17ClN2O3S/c1-22-18(23)17(10-12-8-9-13(24-2)11-16(12)25-3)26-19(22)21-15-7-5-4-6-14(15)20/h4-11H,1-3H3/b17-10+,21-19?. The van der Waals surface area contributed by atoms with Crippen molar-refractivity contribution in [3.63, 3.8) is 0 Å². The highest BCUT2D eigenvalue weighted by atomic mass is 35.5. The lowest BCUT2D eigenvalue weighted by molar-refractivity contribution is -0.121. The number of benzene rings is 2. The predicted molar refractivity (Wildman–Crippen MR) is 106 cm³/mol. The maximum Gasteiger partial charge on any atom is 0.266 e. The van der Waals surface area contributed by atoms with Crippen LogP contribution in [0.4, 0.5) is 5.69 Å². The minimum absolute atomic E-state index is 0.126. The van der Waals surface area contributed by atoms with Crippen molar-refractivity contribution < 1.29 is 14.3 Å². The first-order valence-electron chi connectivity index (χ1n) is 7.76. The molecule has 0 bridgehead atoms. The summed E-state index contributed by atoms with van der Waals surface area (Å²) >= 11 is 7.45. The van der Waals surface area contributed by atoms with Crippen LogP contribution in [0, 0.1) is 0 Å². The number of nitrogens with zero attached hydrogens (tertiary/aromatic N) is 2. The molecule has 1 heterocycles. The van der Waals surface area contributed by atoms with E-state index in [0.29, 0.717) is 32.3 Å². The Bertz CT molecular complexity index is 911. The van der Waals surface area contributed by atoms with Gasteiger partial charge in [-0.2, -0.15) is 0 Å². The first kappa shape index (κ1) is 18.4. The Morgan fingerprint density at radius 2 is 1.92 bits per heavy atom. The fourth-order valence-electron chi connectivity index (χ4n) is 2.38. The first-order valence-corrected chi connectivity index (χ1v) is 8.95. The molecule has 1 amide bonds. The van der Waals surface area contributed by atoms with E-state index in [1.807, 2.05) is 30.3 Å². The van der Waals surface area contributed by atoms with Gasteiger partial charge in [0.05, 0.1) is 29.8 Å². The van der Waals surface area contributed by atoms with Gasteiger partial charge in [-0.05, 0) is 42.1 Å². The lowest BCUT2D eigenvalue weighted by Gasteiger charge is -2.08. The second-order valence-corrected chi connectivity index (χ2v) is 6.84. The number of likely N-dealkylation sites (N-methyl/N-ethyl adjacent to an activating group) is 1. The first-order chi connectivity index (χ1) is 12.5. The summed E-state index contributed by atoms with van der Waals surface area (Å²) in [6, 6.07) is 12.7. The molecule has 0 aromatic heterocycles. The molecule has 7 heteroatoms. The molecular weight excluding hydrogens is 372 g/mol. The van der Waals surface area contributed by atoms with Gasteiger partial charge in [0.15, 0.2) is 5.17 Å². The number of amides is 1. The molecule has 5 nitrogen and oxygen atoms in total. The normalized spacial score (nSPS) is 17.2. The molecule has 2 aromatic rings. The summed E-state index contributed by atoms with van der Waals surface area (Å²) in [5, 5.41) is 1.11. The zero-order chi connectivity index (χ0) is 18.7. The quantitative estimate of drug-likeness (QED) is 0.719. The van der Waals surface area contributed by atoms with Crippen molar-refractivity contribution in [2.75, 3.05) is 21.3 Å². The van der Waals surface area contributed by atoms with Gasteiger partial charge in [-0.15, -0.1) is 0 Å². The summed E-state index contributed by atoms with van der Waals surface area (Å²) < 4.78 is 10.6. The average molecular weight is 389 g/mol. The van der Waals surface area contributed by atoms with Crippen LogP contribution < -0.4 is 9.47 Å². The third-order valence-electron chi connectivity index (χ3n) is 3.80. The summed E-state index contributed by atoms with van der Waals surface area (Å²) in [7, 11) is 4.86. The predicted octanol–water partition coefficient (Wildman–Crippen LogP) is 4.59. The zero-order valence-corrected chi connectivity index (χ0v) is 16.1. The number of rotatable bonds is 4. The molecule has 2 aromatic carbocycles. The van der Waals surface area contributed by atoms with Gasteiger partial charge in [-0.3, -0.25) is 9.69 Å². The Balaban J connectivity index is 1.94. The summed E-state index contributed by atoms with van der Waals surface area (Å²) in [4.78, 5) is 19.2. The number of methoxy groups -OCH3 is 2. The molecule has 0 spiro atoms. The van der Waals surface area contributed by atoms with Gasteiger partial charge in [0.1, 0.15) is 11.5 Å². The van der Waals surface area contributed by atoms with Crippen LogP contribution in [-0.2, 0) is 4.79 Å². The summed E-state index contributed by atoms with van der Waals surface area (Å²) in [6.07, 6.45) is 1.79. The molecule has 1 aliphatic rings. The number of hydrogen-bond acceptors (Lipinski definition) is 5. The van der Waals surface area contributed by atoms with Crippen LogP contribution in [0.5, 0.6) is 11.5 Å². The van der Waals surface area contributed by atoms with E-state index in [1.54, 1.807) is 39.5 Å². The molecule has 0 saturated carbocycles. The van der Waals surface area contributed by atoms with Crippen molar-refractivity contribution >= 4 is 46.2 Å². The number of para-hydroxylation sites is 1. The van der Waals surface area contributed by atoms with Crippen LogP contribution in [0.15, 0.2) is 52.4 Å². The summed E-state index contributed by atoms with van der Waals surface area (Å²) in [5.74, 6) is 1.19.